The first-order valence-corrected chi connectivity index (χ1v) is 6.72. The molecule has 2 heterocycles. The Balaban J connectivity index is 0.000000686. The summed E-state index contributed by atoms with van der Waals surface area (Å²) in [5.74, 6) is 0.456. The first kappa shape index (κ1) is 14.3. The van der Waals surface area contributed by atoms with Crippen molar-refractivity contribution in [3.05, 3.63) is 10.7 Å². The minimum Gasteiger partial charge on any atom is -0.381 e. The Morgan fingerprint density at radius 3 is 2.53 bits per heavy atom. The number of nitrogens with two attached hydrogens (primary N) is 1. The first-order chi connectivity index (χ1) is 8.09. The first-order valence-electron chi connectivity index (χ1n) is 6.34. The van der Waals surface area contributed by atoms with Crippen LogP contribution in [0.5, 0.6) is 0 Å². The van der Waals surface area contributed by atoms with E-state index in [1.807, 2.05) is 18.5 Å². The molecule has 0 saturated carbocycles. The summed E-state index contributed by atoms with van der Waals surface area (Å²) in [6.07, 6.45) is 1.10. The molecule has 0 atom stereocenters. The molecule has 1 aliphatic rings. The summed E-state index contributed by atoms with van der Waals surface area (Å²) >= 11 is 6.13. The van der Waals surface area contributed by atoms with E-state index in [-0.39, 0.29) is 0 Å². The Bertz CT molecular complexity index is 360. The zero-order valence-corrected chi connectivity index (χ0v) is 12.0. The van der Waals surface area contributed by atoms with Crippen LogP contribution in [0.3, 0.4) is 0 Å². The lowest BCUT2D eigenvalue weighted by atomic mass is 10.3. The molecule has 0 aromatic carbocycles. The lowest BCUT2D eigenvalue weighted by Crippen LogP contribution is -2.30. The molecule has 0 spiro atoms. The number of hydrogen-bond acceptors (Lipinski definition) is 3. The molecule has 5 heteroatoms. The van der Waals surface area contributed by atoms with Crippen molar-refractivity contribution in [2.24, 2.45) is 0 Å². The monoisotopic (exact) mass is 258 g/mol. The van der Waals surface area contributed by atoms with E-state index in [0.717, 1.165) is 31.7 Å². The highest BCUT2D eigenvalue weighted by atomic mass is 35.5. The minimum absolute atomic E-state index is 0.456. The van der Waals surface area contributed by atoms with E-state index < -0.39 is 0 Å². The van der Waals surface area contributed by atoms with Gasteiger partial charge in [0.25, 0.3) is 0 Å². The van der Waals surface area contributed by atoms with Crippen LogP contribution in [0.15, 0.2) is 0 Å². The number of rotatable bonds is 1. The largest absolute Gasteiger partial charge is 0.381 e. The summed E-state index contributed by atoms with van der Waals surface area (Å²) in [7, 11) is 0. The number of aromatic nitrogens is 2. The molecule has 0 saturated heterocycles. The van der Waals surface area contributed by atoms with E-state index in [9.17, 15) is 0 Å². The van der Waals surface area contributed by atoms with Crippen molar-refractivity contribution in [1.29, 1.82) is 0 Å². The molecule has 2 rings (SSSR count). The van der Waals surface area contributed by atoms with Gasteiger partial charge in [0.2, 0.25) is 0 Å². The molecule has 0 amide bonds. The molecule has 0 bridgehead atoms. The summed E-state index contributed by atoms with van der Waals surface area (Å²) in [5, 5.41) is 4.87. The van der Waals surface area contributed by atoms with Crippen LogP contribution in [-0.2, 0) is 13.1 Å². The Labute approximate surface area is 109 Å². The van der Waals surface area contributed by atoms with Gasteiger partial charge in [0.05, 0.1) is 5.69 Å². The lowest BCUT2D eigenvalue weighted by molar-refractivity contribution is 0.216. The summed E-state index contributed by atoms with van der Waals surface area (Å²) < 4.78 is 1.94. The van der Waals surface area contributed by atoms with Crippen molar-refractivity contribution >= 4 is 17.4 Å². The topological polar surface area (TPSA) is 47.1 Å². The molecule has 0 radical (unpaired) electrons. The smallest absolute Gasteiger partial charge is 0.164 e. The van der Waals surface area contributed by atoms with Gasteiger partial charge in [-0.3, -0.25) is 9.58 Å². The van der Waals surface area contributed by atoms with Gasteiger partial charge in [0.15, 0.2) is 5.82 Å². The summed E-state index contributed by atoms with van der Waals surface area (Å²) in [4.78, 5) is 2.39. The van der Waals surface area contributed by atoms with Crippen molar-refractivity contribution in [2.45, 2.75) is 53.2 Å². The normalized spacial score (nSPS) is 16.1. The quantitative estimate of drug-likeness (QED) is 0.843. The zero-order valence-electron chi connectivity index (χ0n) is 11.2. The van der Waals surface area contributed by atoms with Crippen LogP contribution in [0, 0.1) is 0 Å². The second-order valence-electron chi connectivity index (χ2n) is 4.29. The maximum absolute atomic E-state index is 6.13. The van der Waals surface area contributed by atoms with E-state index in [1.165, 1.54) is 0 Å². The number of nitrogens with zero attached hydrogens (tertiary/aromatic N) is 3. The molecule has 0 unspecified atom stereocenters. The van der Waals surface area contributed by atoms with Gasteiger partial charge in [-0.05, 0) is 20.3 Å². The minimum atomic E-state index is 0.456. The number of hydrogen-bond donors (Lipinski definition) is 1. The van der Waals surface area contributed by atoms with Crippen LogP contribution >= 0.6 is 11.6 Å². The van der Waals surface area contributed by atoms with E-state index in [1.54, 1.807) is 0 Å². The Morgan fingerprint density at radius 2 is 1.94 bits per heavy atom. The number of halogens is 1. The second-order valence-corrected chi connectivity index (χ2v) is 4.66. The van der Waals surface area contributed by atoms with Gasteiger partial charge in [0.1, 0.15) is 5.02 Å². The van der Waals surface area contributed by atoms with Gasteiger partial charge in [-0.25, -0.2) is 0 Å². The molecule has 0 aliphatic carbocycles. The SMILES string of the molecule is CC.CC(C)N1CCCn2nc(N)c(Cl)c2C1. The molecule has 17 heavy (non-hydrogen) atoms. The Kier molecular flexibility index (Phi) is 5.28. The van der Waals surface area contributed by atoms with Crippen LogP contribution in [0.1, 0.15) is 39.8 Å². The highest BCUT2D eigenvalue weighted by molar-refractivity contribution is 6.33. The molecule has 1 aromatic heterocycles. The van der Waals surface area contributed by atoms with Crippen LogP contribution < -0.4 is 5.73 Å². The number of aryl methyl sites for hydroxylation is 1. The molecular formula is C12H23ClN4. The molecule has 2 N–H and O–H groups in total. The third kappa shape index (κ3) is 3.13. The molecule has 98 valence electrons. The van der Waals surface area contributed by atoms with Gasteiger partial charge in [0, 0.05) is 25.7 Å². The van der Waals surface area contributed by atoms with Gasteiger partial charge in [-0.2, -0.15) is 5.10 Å². The van der Waals surface area contributed by atoms with Crippen molar-refractivity contribution in [2.75, 3.05) is 12.3 Å². The van der Waals surface area contributed by atoms with Crippen molar-refractivity contribution in [3.8, 4) is 0 Å². The van der Waals surface area contributed by atoms with Crippen molar-refractivity contribution in [3.63, 3.8) is 0 Å². The molecule has 1 aromatic rings. The maximum atomic E-state index is 6.13. The number of anilines is 1. The average molecular weight is 259 g/mol. The second kappa shape index (κ2) is 6.26. The van der Waals surface area contributed by atoms with Gasteiger partial charge in [-0.1, -0.05) is 25.4 Å². The number of fused-ring (bicyclic) bond motifs is 1. The van der Waals surface area contributed by atoms with E-state index in [2.05, 4.69) is 23.8 Å². The van der Waals surface area contributed by atoms with Gasteiger partial charge >= 0.3 is 0 Å². The lowest BCUT2D eigenvalue weighted by Gasteiger charge is -2.23. The fourth-order valence-corrected chi connectivity index (χ4v) is 2.16. The fourth-order valence-electron chi connectivity index (χ4n) is 1.97. The predicted octanol–water partition coefficient (Wildman–Crippen LogP) is 2.76. The average Bonchev–Trinajstić information content (AvgIpc) is 2.51. The summed E-state index contributed by atoms with van der Waals surface area (Å²) in [6, 6.07) is 0.531. The van der Waals surface area contributed by atoms with Crippen LogP contribution in [0.2, 0.25) is 5.02 Å². The van der Waals surface area contributed by atoms with Crippen molar-refractivity contribution < 1.29 is 0 Å². The summed E-state index contributed by atoms with van der Waals surface area (Å²) in [6.45, 7) is 11.3. The van der Waals surface area contributed by atoms with Gasteiger partial charge in [-0.15, -0.1) is 0 Å². The third-order valence-corrected chi connectivity index (χ3v) is 3.33. The maximum Gasteiger partial charge on any atom is 0.164 e. The third-order valence-electron chi connectivity index (χ3n) is 2.92. The molecule has 1 aliphatic heterocycles. The molecular weight excluding hydrogens is 236 g/mol. The molecule has 0 fully saturated rings. The van der Waals surface area contributed by atoms with Gasteiger partial charge < -0.3 is 5.73 Å². The summed E-state index contributed by atoms with van der Waals surface area (Å²) in [5.41, 5.74) is 6.77. The number of nitrogen functional groups attached to an aromatic ring is 1. The van der Waals surface area contributed by atoms with Crippen LogP contribution in [0.25, 0.3) is 0 Å². The fraction of sp³-hybridized carbons (Fsp3) is 0.750. The van der Waals surface area contributed by atoms with Crippen LogP contribution in [0.4, 0.5) is 5.82 Å². The highest BCUT2D eigenvalue weighted by Gasteiger charge is 2.21. The van der Waals surface area contributed by atoms with E-state index >= 15 is 0 Å². The van der Waals surface area contributed by atoms with E-state index in [0.29, 0.717) is 16.9 Å². The van der Waals surface area contributed by atoms with Crippen molar-refractivity contribution in [1.82, 2.24) is 14.7 Å². The standard InChI is InChI=1S/C10H17ClN4.C2H6/c1-7(2)14-4-3-5-15-8(6-14)9(11)10(12)13-15;1-2/h7H,3-6H2,1-2H3,(H2,12,13);1-2H3. The van der Waals surface area contributed by atoms with E-state index in [4.69, 9.17) is 17.3 Å². The zero-order chi connectivity index (χ0) is 13.0. The highest BCUT2D eigenvalue weighted by Crippen LogP contribution is 2.26. The predicted molar refractivity (Wildman–Crippen MR) is 73.2 cm³/mol. The van der Waals surface area contributed by atoms with Crippen LogP contribution in [-0.4, -0.2) is 27.3 Å². The Hall–Kier alpha value is -0.740. The Morgan fingerprint density at radius 1 is 1.29 bits per heavy atom. The molecule has 4 nitrogen and oxygen atoms in total.